The molecule has 0 radical (unpaired) electrons. The topological polar surface area (TPSA) is 132 Å². The molecule has 30 heavy (non-hydrogen) atoms. The van der Waals surface area contributed by atoms with Crippen molar-refractivity contribution in [3.05, 3.63) is 46.5 Å². The maximum absolute atomic E-state index is 14.9. The number of rotatable bonds is 4. The number of aromatic nitrogens is 2. The van der Waals surface area contributed by atoms with E-state index in [1.807, 2.05) is 0 Å². The Bertz CT molecular complexity index is 1030. The number of fused-ring (bicyclic) bond motifs is 1. The highest BCUT2D eigenvalue weighted by Gasteiger charge is 2.56. The smallest absolute Gasteiger partial charge is 0.351 e. The summed E-state index contributed by atoms with van der Waals surface area (Å²) < 4.78 is 29.5. The van der Waals surface area contributed by atoms with Crippen LogP contribution in [-0.4, -0.2) is 61.4 Å². The Morgan fingerprint density at radius 1 is 1.33 bits per heavy atom. The van der Waals surface area contributed by atoms with Crippen LogP contribution in [-0.2, 0) is 4.74 Å². The quantitative estimate of drug-likeness (QED) is 0.385. The molecule has 1 fully saturated rings. The fourth-order valence-electron chi connectivity index (χ4n) is 3.15. The molecule has 1 saturated heterocycles. The van der Waals surface area contributed by atoms with Gasteiger partial charge in [-0.3, -0.25) is 9.36 Å². The number of alkyl halides is 2. The fraction of sp³-hybridized carbons (Fsp3) is 0.389. The number of anilines is 1. The number of benzene rings is 1. The van der Waals surface area contributed by atoms with Crippen molar-refractivity contribution in [2.75, 3.05) is 25.1 Å². The van der Waals surface area contributed by atoms with Crippen molar-refractivity contribution in [1.82, 2.24) is 9.55 Å². The van der Waals surface area contributed by atoms with Gasteiger partial charge in [0.15, 0.2) is 17.7 Å². The molecular formula is C18H17FIN3O7. The van der Waals surface area contributed by atoms with Gasteiger partial charge in [-0.2, -0.15) is 4.98 Å². The van der Waals surface area contributed by atoms with E-state index in [1.165, 1.54) is 40.9 Å². The van der Waals surface area contributed by atoms with Gasteiger partial charge in [0.2, 0.25) is 3.68 Å². The van der Waals surface area contributed by atoms with Crippen LogP contribution >= 0.6 is 22.6 Å². The summed E-state index contributed by atoms with van der Waals surface area (Å²) in [6.45, 7) is 0.189. The van der Waals surface area contributed by atoms with Gasteiger partial charge in [0.1, 0.15) is 31.2 Å². The van der Waals surface area contributed by atoms with Gasteiger partial charge in [-0.15, -0.1) is 0 Å². The van der Waals surface area contributed by atoms with Crippen molar-refractivity contribution >= 4 is 34.3 Å². The Hall–Kier alpha value is -2.29. The Balaban J connectivity index is 1.53. The maximum Gasteiger partial charge on any atom is 0.351 e. The van der Waals surface area contributed by atoms with Crippen LogP contribution in [0.15, 0.2) is 35.3 Å². The third-order valence-electron chi connectivity index (χ3n) is 4.69. The van der Waals surface area contributed by atoms with Crippen LogP contribution in [0.3, 0.4) is 0 Å². The van der Waals surface area contributed by atoms with Gasteiger partial charge in [-0.25, -0.2) is 9.18 Å². The van der Waals surface area contributed by atoms with Crippen molar-refractivity contribution in [2.45, 2.75) is 22.1 Å². The van der Waals surface area contributed by atoms with E-state index in [-0.39, 0.29) is 11.4 Å². The average Bonchev–Trinajstić information content (AvgIpc) is 2.96. The van der Waals surface area contributed by atoms with Crippen LogP contribution in [0.2, 0.25) is 0 Å². The number of hydrogen-bond acceptors (Lipinski definition) is 8. The summed E-state index contributed by atoms with van der Waals surface area (Å²) in [5.41, 5.74) is -0.627. The first kappa shape index (κ1) is 21.0. The molecule has 1 aromatic carbocycles. The number of nitrogens with zero attached hydrogens (tertiary/aromatic N) is 2. The Morgan fingerprint density at radius 3 is 2.73 bits per heavy atom. The molecule has 1 amide bonds. The van der Waals surface area contributed by atoms with Crippen molar-refractivity contribution in [3.63, 3.8) is 0 Å². The third-order valence-corrected chi connectivity index (χ3v) is 5.86. The minimum Gasteiger partial charge on any atom is -0.486 e. The molecule has 0 bridgehead atoms. The van der Waals surface area contributed by atoms with Crippen molar-refractivity contribution < 1.29 is 33.6 Å². The van der Waals surface area contributed by atoms with Gasteiger partial charge in [-0.1, -0.05) is 0 Å². The van der Waals surface area contributed by atoms with Gasteiger partial charge in [-0.05, 0) is 46.9 Å². The SMILES string of the molecule is O=C(Nc1ccn(C2O[C@H](CO)[C@@H](O)C2(F)I)c(=O)n1)c1ccc2c(c1)OCCO2. The molecule has 0 saturated carbocycles. The second kappa shape index (κ2) is 8.09. The maximum atomic E-state index is 14.9. The van der Waals surface area contributed by atoms with Crippen molar-refractivity contribution in [2.24, 2.45) is 0 Å². The monoisotopic (exact) mass is 533 g/mol. The Kier molecular flexibility index (Phi) is 5.65. The predicted octanol–water partition coefficient (Wildman–Crippen LogP) is 0.618. The van der Waals surface area contributed by atoms with E-state index in [9.17, 15) is 24.2 Å². The average molecular weight is 533 g/mol. The zero-order valence-electron chi connectivity index (χ0n) is 15.3. The lowest BCUT2D eigenvalue weighted by Crippen LogP contribution is -2.40. The van der Waals surface area contributed by atoms with Gasteiger partial charge >= 0.3 is 5.69 Å². The second-order valence-electron chi connectivity index (χ2n) is 6.64. The molecule has 0 aliphatic carbocycles. The van der Waals surface area contributed by atoms with E-state index in [0.29, 0.717) is 24.7 Å². The molecule has 3 heterocycles. The number of aliphatic hydroxyl groups is 2. The largest absolute Gasteiger partial charge is 0.486 e. The summed E-state index contributed by atoms with van der Waals surface area (Å²) in [6.07, 6.45) is -3.11. The second-order valence-corrected chi connectivity index (χ2v) is 8.30. The fourth-order valence-corrected chi connectivity index (χ4v) is 4.00. The zero-order valence-corrected chi connectivity index (χ0v) is 17.5. The third kappa shape index (κ3) is 3.75. The van der Waals surface area contributed by atoms with E-state index in [2.05, 4.69) is 10.3 Å². The van der Waals surface area contributed by atoms with Crippen LogP contribution in [0, 0.1) is 0 Å². The normalized spacial score (nSPS) is 27.7. The number of carbonyl (C=O) groups excluding carboxylic acids is 1. The minimum absolute atomic E-state index is 0.0497. The van der Waals surface area contributed by atoms with E-state index in [4.69, 9.17) is 14.2 Å². The molecule has 0 spiro atoms. The summed E-state index contributed by atoms with van der Waals surface area (Å²) in [5.74, 6) is 0.394. The molecule has 1 aromatic heterocycles. The standard InChI is InChI=1S/C18H17FIN3O7/c19-18(20)14(25)12(8-24)30-16(18)23-4-3-13(22-17(23)27)21-15(26)9-1-2-10-11(7-9)29-6-5-28-10/h1-4,7,12,14,16,24-25H,5-6,8H2,(H,21,22,26,27)/t12-,14-,16?,18?/m1/s1. The predicted molar refractivity (Wildman–Crippen MR) is 109 cm³/mol. The summed E-state index contributed by atoms with van der Waals surface area (Å²) in [7, 11) is 0. The van der Waals surface area contributed by atoms with Gasteiger partial charge in [0.25, 0.3) is 5.91 Å². The summed E-state index contributed by atoms with van der Waals surface area (Å²) >= 11 is 1.33. The van der Waals surface area contributed by atoms with Gasteiger partial charge in [0, 0.05) is 11.8 Å². The Labute approximate surface area is 182 Å². The molecular weight excluding hydrogens is 516 g/mol. The molecule has 3 N–H and O–H groups in total. The van der Waals surface area contributed by atoms with Crippen LogP contribution in [0.5, 0.6) is 11.5 Å². The number of carbonyl (C=O) groups is 1. The van der Waals surface area contributed by atoms with E-state index >= 15 is 0 Å². The summed E-state index contributed by atoms with van der Waals surface area (Å²) in [6, 6.07) is 5.96. The Morgan fingerprint density at radius 2 is 2.07 bits per heavy atom. The van der Waals surface area contributed by atoms with Crippen LogP contribution in [0.4, 0.5) is 10.2 Å². The molecule has 2 aliphatic rings. The van der Waals surface area contributed by atoms with Crippen molar-refractivity contribution in [3.8, 4) is 11.5 Å². The highest BCUT2D eigenvalue weighted by atomic mass is 127. The van der Waals surface area contributed by atoms with E-state index in [1.54, 1.807) is 12.1 Å². The lowest BCUT2D eigenvalue weighted by atomic mass is 10.1. The lowest BCUT2D eigenvalue weighted by molar-refractivity contribution is -0.0499. The number of ether oxygens (including phenoxy) is 3. The molecule has 12 heteroatoms. The lowest BCUT2D eigenvalue weighted by Gasteiger charge is -2.23. The number of amides is 1. The molecule has 4 rings (SSSR count). The molecule has 160 valence electrons. The highest BCUT2D eigenvalue weighted by molar-refractivity contribution is 14.1. The molecule has 2 unspecified atom stereocenters. The molecule has 2 aromatic rings. The first-order valence-corrected chi connectivity index (χ1v) is 10.0. The first-order valence-electron chi connectivity index (χ1n) is 8.93. The minimum atomic E-state index is -2.35. The van der Waals surface area contributed by atoms with Crippen LogP contribution in [0.1, 0.15) is 16.6 Å². The summed E-state index contributed by atoms with van der Waals surface area (Å²) in [5, 5.41) is 21.6. The van der Waals surface area contributed by atoms with E-state index < -0.39 is 40.3 Å². The van der Waals surface area contributed by atoms with Gasteiger partial charge in [0.05, 0.1) is 6.61 Å². The zero-order chi connectivity index (χ0) is 21.5. The van der Waals surface area contributed by atoms with Crippen LogP contribution in [0.25, 0.3) is 0 Å². The molecule has 10 nitrogen and oxygen atoms in total. The van der Waals surface area contributed by atoms with Gasteiger partial charge < -0.3 is 29.7 Å². The summed E-state index contributed by atoms with van der Waals surface area (Å²) in [4.78, 5) is 28.6. The first-order chi connectivity index (χ1) is 14.3. The highest BCUT2D eigenvalue weighted by Crippen LogP contribution is 2.45. The van der Waals surface area contributed by atoms with Crippen LogP contribution < -0.4 is 20.5 Å². The van der Waals surface area contributed by atoms with E-state index in [0.717, 1.165) is 4.57 Å². The number of nitrogens with one attached hydrogen (secondary N) is 1. The molecule has 4 atom stereocenters. The molecule has 2 aliphatic heterocycles. The van der Waals surface area contributed by atoms with Crippen molar-refractivity contribution in [1.29, 1.82) is 0 Å². The number of halogens is 2. The number of aliphatic hydroxyl groups excluding tert-OH is 2. The number of hydrogen-bond donors (Lipinski definition) is 3.